The summed E-state index contributed by atoms with van der Waals surface area (Å²) in [5, 5.41) is 6.60. The summed E-state index contributed by atoms with van der Waals surface area (Å²) in [6.45, 7) is 3.81. The minimum atomic E-state index is -0.109. The number of benzene rings is 1. The number of carbonyl (C=O) groups is 1. The molecule has 2 bridgehead atoms. The quantitative estimate of drug-likeness (QED) is 0.439. The van der Waals surface area contributed by atoms with Gasteiger partial charge in [0.1, 0.15) is 35.7 Å². The van der Waals surface area contributed by atoms with Gasteiger partial charge in [-0.25, -0.2) is 14.8 Å². The van der Waals surface area contributed by atoms with E-state index in [-0.39, 0.29) is 11.6 Å². The van der Waals surface area contributed by atoms with E-state index >= 15 is 0 Å². The van der Waals surface area contributed by atoms with Crippen molar-refractivity contribution in [2.75, 3.05) is 25.4 Å². The maximum absolute atomic E-state index is 11.7. The fourth-order valence-electron chi connectivity index (χ4n) is 6.01. The molecule has 9 nitrogen and oxygen atoms in total. The van der Waals surface area contributed by atoms with Crippen LogP contribution >= 0.6 is 0 Å². The lowest BCUT2D eigenvalue weighted by Gasteiger charge is -2.36. The van der Waals surface area contributed by atoms with Gasteiger partial charge in [0, 0.05) is 30.9 Å². The molecular weight excluding hydrogens is 456 g/mol. The molecule has 2 amide bonds. The SMILES string of the molecule is CCNC(=O)NCC1CC(n2cc(-c3cccc(OCC45CCC(CC4)O5)c3)c3c(N)ncnc32)C1. The van der Waals surface area contributed by atoms with Crippen LogP contribution in [0, 0.1) is 5.92 Å². The smallest absolute Gasteiger partial charge is 0.314 e. The summed E-state index contributed by atoms with van der Waals surface area (Å²) in [5.41, 5.74) is 9.13. The summed E-state index contributed by atoms with van der Waals surface area (Å²) in [6, 6.07) is 8.37. The Morgan fingerprint density at radius 2 is 2.08 bits per heavy atom. The summed E-state index contributed by atoms with van der Waals surface area (Å²) >= 11 is 0. The first kappa shape index (κ1) is 23.1. The van der Waals surface area contributed by atoms with Crippen LogP contribution in [0.3, 0.4) is 0 Å². The van der Waals surface area contributed by atoms with Crippen molar-refractivity contribution in [2.45, 2.75) is 63.2 Å². The minimum Gasteiger partial charge on any atom is -0.491 e. The second-order valence-electron chi connectivity index (χ2n) is 10.5. The standard InChI is InChI=1S/C27H34N6O3/c1-2-29-26(34)30-13-17-10-19(11-17)33-14-22(23-24(28)31-16-32-25(23)33)18-4-3-5-21(12-18)35-15-27-8-6-20(36-27)7-9-27/h3-5,12,14,16-17,19-20H,2,6-11,13,15H2,1H3,(H2,28,31,32)(H2,29,30,34). The number of urea groups is 1. The monoisotopic (exact) mass is 490 g/mol. The minimum absolute atomic E-state index is 0.107. The van der Waals surface area contributed by atoms with Gasteiger partial charge >= 0.3 is 6.03 Å². The van der Waals surface area contributed by atoms with E-state index in [2.05, 4.69) is 43.5 Å². The molecule has 190 valence electrons. The van der Waals surface area contributed by atoms with Crippen molar-refractivity contribution in [3.8, 4) is 16.9 Å². The molecule has 1 saturated carbocycles. The summed E-state index contributed by atoms with van der Waals surface area (Å²) in [4.78, 5) is 20.6. The van der Waals surface area contributed by atoms with Crippen molar-refractivity contribution in [2.24, 2.45) is 5.92 Å². The first-order chi connectivity index (χ1) is 17.5. The van der Waals surface area contributed by atoms with Crippen LogP contribution in [-0.4, -0.2) is 52.0 Å². The Morgan fingerprint density at radius 3 is 2.83 bits per heavy atom. The zero-order valence-corrected chi connectivity index (χ0v) is 20.7. The van der Waals surface area contributed by atoms with Crippen LogP contribution < -0.4 is 21.1 Å². The number of aromatic nitrogens is 3. The van der Waals surface area contributed by atoms with E-state index in [4.69, 9.17) is 15.2 Å². The lowest BCUT2D eigenvalue weighted by molar-refractivity contribution is -0.0198. The van der Waals surface area contributed by atoms with Crippen molar-refractivity contribution in [1.29, 1.82) is 0 Å². The summed E-state index contributed by atoms with van der Waals surface area (Å²) in [7, 11) is 0. The van der Waals surface area contributed by atoms with Crippen molar-refractivity contribution >= 4 is 22.9 Å². The maximum atomic E-state index is 11.7. The highest BCUT2D eigenvalue weighted by atomic mass is 16.6. The van der Waals surface area contributed by atoms with Crippen LogP contribution in [0.5, 0.6) is 5.75 Å². The average Bonchev–Trinajstić information content (AvgIpc) is 3.57. The fourth-order valence-corrected chi connectivity index (χ4v) is 6.01. The van der Waals surface area contributed by atoms with E-state index in [1.807, 2.05) is 19.1 Å². The van der Waals surface area contributed by atoms with Crippen molar-refractivity contribution in [3.63, 3.8) is 0 Å². The largest absolute Gasteiger partial charge is 0.491 e. The first-order valence-corrected chi connectivity index (χ1v) is 13.1. The van der Waals surface area contributed by atoms with E-state index in [1.165, 1.54) is 6.33 Å². The van der Waals surface area contributed by atoms with E-state index in [0.29, 0.717) is 43.6 Å². The Bertz CT molecular complexity index is 1260. The molecule has 9 heteroatoms. The molecule has 2 saturated heterocycles. The number of hydrogen-bond donors (Lipinski definition) is 3. The zero-order valence-electron chi connectivity index (χ0n) is 20.7. The Morgan fingerprint density at radius 1 is 1.25 bits per heavy atom. The third-order valence-electron chi connectivity index (χ3n) is 8.04. The van der Waals surface area contributed by atoms with Gasteiger partial charge in [-0.05, 0) is 69.1 Å². The van der Waals surface area contributed by atoms with Gasteiger partial charge in [0.25, 0.3) is 0 Å². The van der Waals surface area contributed by atoms with E-state index in [1.54, 1.807) is 0 Å². The number of anilines is 1. The van der Waals surface area contributed by atoms with Gasteiger partial charge in [0.2, 0.25) is 0 Å². The highest BCUT2D eigenvalue weighted by molar-refractivity contribution is 6.00. The zero-order chi connectivity index (χ0) is 24.7. The molecule has 2 aliphatic heterocycles. The van der Waals surface area contributed by atoms with E-state index in [9.17, 15) is 4.79 Å². The third kappa shape index (κ3) is 4.25. The molecule has 0 spiro atoms. The van der Waals surface area contributed by atoms with Crippen LogP contribution in [0.1, 0.15) is 51.5 Å². The number of nitrogen functional groups attached to an aromatic ring is 1. The first-order valence-electron chi connectivity index (χ1n) is 13.1. The molecule has 6 rings (SSSR count). The van der Waals surface area contributed by atoms with E-state index in [0.717, 1.165) is 66.4 Å². The van der Waals surface area contributed by atoms with Gasteiger partial charge in [-0.15, -0.1) is 0 Å². The van der Waals surface area contributed by atoms with Gasteiger partial charge in [-0.2, -0.15) is 0 Å². The molecule has 2 aromatic heterocycles. The fraction of sp³-hybridized carbons (Fsp3) is 0.519. The van der Waals surface area contributed by atoms with Crippen molar-refractivity contribution in [1.82, 2.24) is 25.2 Å². The predicted octanol–water partition coefficient (Wildman–Crippen LogP) is 4.04. The number of carbonyl (C=O) groups excluding carboxylic acids is 1. The molecule has 4 N–H and O–H groups in total. The van der Waals surface area contributed by atoms with Crippen molar-refractivity contribution < 1.29 is 14.3 Å². The predicted molar refractivity (Wildman–Crippen MR) is 138 cm³/mol. The number of fused-ring (bicyclic) bond motifs is 3. The number of amides is 2. The van der Waals surface area contributed by atoms with Crippen molar-refractivity contribution in [3.05, 3.63) is 36.8 Å². The van der Waals surface area contributed by atoms with Gasteiger partial charge < -0.3 is 30.4 Å². The maximum Gasteiger partial charge on any atom is 0.314 e. The topological polar surface area (TPSA) is 116 Å². The van der Waals surface area contributed by atoms with Gasteiger partial charge in [0.15, 0.2) is 0 Å². The molecule has 3 aromatic rings. The molecule has 1 aromatic carbocycles. The molecule has 4 heterocycles. The molecule has 3 fully saturated rings. The van der Waals surface area contributed by atoms with Gasteiger partial charge in [0.05, 0.1) is 11.5 Å². The number of hydrogen-bond acceptors (Lipinski definition) is 6. The summed E-state index contributed by atoms with van der Waals surface area (Å²) in [5.74, 6) is 1.75. The summed E-state index contributed by atoms with van der Waals surface area (Å²) in [6.07, 6.45) is 10.5. The second kappa shape index (κ2) is 9.28. The normalized spacial score (nSPS) is 26.6. The number of nitrogens with two attached hydrogens (primary N) is 1. The Balaban J connectivity index is 1.20. The van der Waals surface area contributed by atoms with Crippen LogP contribution in [0.2, 0.25) is 0 Å². The highest BCUT2D eigenvalue weighted by Crippen LogP contribution is 2.45. The Hall–Kier alpha value is -3.33. The Labute approximate surface area is 210 Å². The van der Waals surface area contributed by atoms with Gasteiger partial charge in [-0.1, -0.05) is 12.1 Å². The highest BCUT2D eigenvalue weighted by Gasteiger charge is 2.46. The number of rotatable bonds is 8. The number of nitrogens with zero attached hydrogens (tertiary/aromatic N) is 3. The van der Waals surface area contributed by atoms with Gasteiger partial charge in [-0.3, -0.25) is 0 Å². The molecular formula is C27H34N6O3. The number of nitrogens with one attached hydrogen (secondary N) is 2. The average molecular weight is 491 g/mol. The second-order valence-corrected chi connectivity index (χ2v) is 10.5. The lowest BCUT2D eigenvalue weighted by atomic mass is 9.80. The van der Waals surface area contributed by atoms with E-state index < -0.39 is 0 Å². The molecule has 0 atom stereocenters. The molecule has 0 radical (unpaired) electrons. The van der Waals surface area contributed by atoms with Crippen LogP contribution in [0.25, 0.3) is 22.2 Å². The van der Waals surface area contributed by atoms with Crippen LogP contribution in [0.15, 0.2) is 36.8 Å². The Kier molecular flexibility index (Phi) is 5.95. The van der Waals surface area contributed by atoms with Crippen LogP contribution in [0.4, 0.5) is 10.6 Å². The third-order valence-corrected chi connectivity index (χ3v) is 8.04. The number of ether oxygens (including phenoxy) is 2. The molecule has 36 heavy (non-hydrogen) atoms. The summed E-state index contributed by atoms with van der Waals surface area (Å²) < 4.78 is 14.7. The molecule has 1 aliphatic carbocycles. The lowest BCUT2D eigenvalue weighted by Crippen LogP contribution is -2.41. The van der Waals surface area contributed by atoms with Crippen LogP contribution in [-0.2, 0) is 4.74 Å². The molecule has 3 aliphatic rings. The molecule has 0 unspecified atom stereocenters.